The molecule has 6 rings (SSSR count). The van der Waals surface area contributed by atoms with E-state index in [1.807, 2.05) is 60.3 Å². The van der Waals surface area contributed by atoms with Crippen molar-refractivity contribution in [2.24, 2.45) is 7.05 Å². The number of anilines is 2. The highest BCUT2D eigenvalue weighted by Crippen LogP contribution is 2.28. The van der Waals surface area contributed by atoms with Crippen molar-refractivity contribution in [2.45, 2.75) is 70.9 Å². The number of aromatic nitrogens is 8. The monoisotopic (exact) mass is 731 g/mol. The Labute approximate surface area is 306 Å². The molecule has 4 heterocycles. The van der Waals surface area contributed by atoms with Gasteiger partial charge in [0.2, 0.25) is 5.28 Å². The first-order chi connectivity index (χ1) is 24.9. The Balaban J connectivity index is 0.854. The lowest BCUT2D eigenvalue weighted by molar-refractivity contribution is 0.139. The summed E-state index contributed by atoms with van der Waals surface area (Å²) >= 11 is 12.9. The van der Waals surface area contributed by atoms with Crippen LogP contribution in [0.2, 0.25) is 10.3 Å². The molecule has 0 aliphatic rings. The van der Waals surface area contributed by atoms with Crippen LogP contribution in [0.25, 0.3) is 27.9 Å². The highest BCUT2D eigenvalue weighted by Gasteiger charge is 2.16. The molecule has 0 saturated heterocycles. The van der Waals surface area contributed by atoms with Crippen LogP contribution < -0.4 is 16.0 Å². The Morgan fingerprint density at radius 3 is 2.39 bits per heavy atom. The Hall–Kier alpha value is -4.88. The number of unbranched alkanes of at least 4 members (excludes halogenated alkanes) is 8. The number of carbonyl (C=O) groups excluding carboxylic acids is 1. The second-order valence-corrected chi connectivity index (χ2v) is 13.2. The van der Waals surface area contributed by atoms with E-state index in [1.54, 1.807) is 17.2 Å². The predicted octanol–water partition coefficient (Wildman–Crippen LogP) is 8.19. The molecule has 13 nitrogen and oxygen atoms in total. The van der Waals surface area contributed by atoms with Gasteiger partial charge < -0.3 is 25.7 Å². The lowest BCUT2D eigenvalue weighted by Gasteiger charge is -2.08. The topological polar surface area (TPSA) is 152 Å². The summed E-state index contributed by atoms with van der Waals surface area (Å²) in [7, 11) is 1.85. The van der Waals surface area contributed by atoms with Gasteiger partial charge in [-0.3, -0.25) is 9.25 Å². The number of hydrogen-bond donors (Lipinski definition) is 4. The summed E-state index contributed by atoms with van der Waals surface area (Å²) in [6.07, 6.45) is 15.4. The van der Waals surface area contributed by atoms with E-state index < -0.39 is 0 Å². The normalized spacial score (nSPS) is 11.4. The highest BCUT2D eigenvalue weighted by atomic mass is 35.5. The Morgan fingerprint density at radius 2 is 1.65 bits per heavy atom. The maximum Gasteiger partial charge on any atom is 0.407 e. The average molecular weight is 733 g/mol. The van der Waals surface area contributed by atoms with E-state index >= 15 is 0 Å². The van der Waals surface area contributed by atoms with E-state index in [1.165, 1.54) is 38.5 Å². The van der Waals surface area contributed by atoms with Gasteiger partial charge in [-0.2, -0.15) is 15.1 Å². The molecule has 2 aromatic carbocycles. The van der Waals surface area contributed by atoms with Crippen molar-refractivity contribution >= 4 is 63.0 Å². The molecular formula is C36H43Cl2N11O2. The minimum absolute atomic E-state index is 0.111. The molecule has 0 saturated carbocycles. The number of ether oxygens (including phenoxy) is 1. The zero-order valence-corrected chi connectivity index (χ0v) is 30.2. The standard InChI is InChI=1S/C36H43Cl2N11O2/c1-48-22-26(20-43-48)49-24-42-32-33(46-35(38)47-34(32)49)41-21-31-44-29-18-27(37)28(19-30(29)45-31)39-16-12-7-5-3-2-4-6-8-13-17-40-36(50)51-23-25-14-10-9-11-15-25/h9-11,14-15,18-20,22,24,39H,2-8,12-13,16-17,21,23H2,1H3,(H,40,50)(H,44,45)(H,41,46,47). The van der Waals surface area contributed by atoms with Gasteiger partial charge in [0.1, 0.15) is 18.8 Å². The highest BCUT2D eigenvalue weighted by molar-refractivity contribution is 6.34. The molecule has 6 aromatic rings. The minimum atomic E-state index is -0.352. The van der Waals surface area contributed by atoms with Gasteiger partial charge in [0, 0.05) is 26.3 Å². The zero-order valence-electron chi connectivity index (χ0n) is 28.7. The number of nitrogens with zero attached hydrogens (tertiary/aromatic N) is 7. The van der Waals surface area contributed by atoms with Crippen LogP contribution in [0.15, 0.2) is 61.2 Å². The van der Waals surface area contributed by atoms with Gasteiger partial charge in [-0.05, 0) is 42.1 Å². The summed E-state index contributed by atoms with van der Waals surface area (Å²) in [6, 6.07) is 13.6. The zero-order chi connectivity index (χ0) is 35.4. The van der Waals surface area contributed by atoms with Crippen LogP contribution in [0.1, 0.15) is 69.2 Å². The van der Waals surface area contributed by atoms with Crippen LogP contribution in [0.5, 0.6) is 0 Å². The van der Waals surface area contributed by atoms with Gasteiger partial charge in [0.05, 0.1) is 40.2 Å². The molecule has 0 aliphatic carbocycles. The minimum Gasteiger partial charge on any atom is -0.445 e. The second kappa shape index (κ2) is 17.9. The molecule has 4 N–H and O–H groups in total. The number of nitrogens with one attached hydrogen (secondary N) is 4. The van der Waals surface area contributed by atoms with Crippen molar-refractivity contribution in [3.8, 4) is 5.69 Å². The Kier molecular flexibility index (Phi) is 12.6. The van der Waals surface area contributed by atoms with Gasteiger partial charge in [-0.1, -0.05) is 86.9 Å². The molecule has 268 valence electrons. The molecule has 15 heteroatoms. The maximum absolute atomic E-state index is 11.8. The molecule has 0 radical (unpaired) electrons. The molecule has 4 aromatic heterocycles. The maximum atomic E-state index is 11.8. The lowest BCUT2D eigenvalue weighted by Crippen LogP contribution is -2.25. The van der Waals surface area contributed by atoms with Crippen molar-refractivity contribution in [3.05, 3.63) is 82.9 Å². The summed E-state index contributed by atoms with van der Waals surface area (Å²) in [6.45, 7) is 2.18. The van der Waals surface area contributed by atoms with Gasteiger partial charge in [-0.15, -0.1) is 0 Å². The smallest absolute Gasteiger partial charge is 0.407 e. The van der Waals surface area contributed by atoms with Crippen LogP contribution in [0.3, 0.4) is 0 Å². The molecular weight excluding hydrogens is 689 g/mol. The third-order valence-corrected chi connectivity index (χ3v) is 9.01. The first-order valence-electron chi connectivity index (χ1n) is 17.4. The number of aryl methyl sites for hydroxylation is 1. The van der Waals surface area contributed by atoms with Crippen molar-refractivity contribution in [1.82, 2.24) is 44.6 Å². The molecule has 1 amide bonds. The number of H-pyrrole nitrogens is 1. The van der Waals surface area contributed by atoms with Crippen molar-refractivity contribution in [3.63, 3.8) is 0 Å². The SMILES string of the molecule is Cn1cc(-n2cnc3c(NCc4nc5cc(Cl)c(NCCCCCCCCCCCNC(=O)OCc6ccccc6)cc5[nH]4)nc(Cl)nc32)cn1. The fraction of sp³-hybridized carbons (Fsp3) is 0.389. The number of fused-ring (bicyclic) bond motifs is 2. The number of alkyl carbamates (subject to hydrolysis) is 1. The lowest BCUT2D eigenvalue weighted by atomic mass is 10.1. The van der Waals surface area contributed by atoms with Crippen LogP contribution in [-0.2, 0) is 24.9 Å². The van der Waals surface area contributed by atoms with Gasteiger partial charge in [-0.25, -0.2) is 14.8 Å². The molecule has 0 fully saturated rings. The molecule has 0 aliphatic heterocycles. The van der Waals surface area contributed by atoms with Gasteiger partial charge in [0.15, 0.2) is 17.0 Å². The number of halogens is 2. The Bertz CT molecular complexity index is 2030. The molecule has 51 heavy (non-hydrogen) atoms. The van der Waals surface area contributed by atoms with Crippen LogP contribution in [-0.4, -0.2) is 58.5 Å². The van der Waals surface area contributed by atoms with E-state index in [9.17, 15) is 4.79 Å². The average Bonchev–Trinajstić information content (AvgIpc) is 3.86. The molecule has 0 atom stereocenters. The predicted molar refractivity (Wildman–Crippen MR) is 202 cm³/mol. The summed E-state index contributed by atoms with van der Waals surface area (Å²) in [5.41, 5.74) is 5.54. The second-order valence-electron chi connectivity index (χ2n) is 12.5. The largest absolute Gasteiger partial charge is 0.445 e. The van der Waals surface area contributed by atoms with Crippen molar-refractivity contribution in [2.75, 3.05) is 23.7 Å². The number of amides is 1. The summed E-state index contributed by atoms with van der Waals surface area (Å²) in [5.74, 6) is 1.24. The molecule has 0 unspecified atom stereocenters. The summed E-state index contributed by atoms with van der Waals surface area (Å²) in [5, 5.41) is 14.6. The Morgan fingerprint density at radius 1 is 0.902 bits per heavy atom. The van der Waals surface area contributed by atoms with E-state index in [4.69, 9.17) is 32.9 Å². The van der Waals surface area contributed by atoms with Crippen molar-refractivity contribution < 1.29 is 9.53 Å². The summed E-state index contributed by atoms with van der Waals surface area (Å²) in [4.78, 5) is 33.2. The van der Waals surface area contributed by atoms with E-state index in [0.29, 0.717) is 41.7 Å². The fourth-order valence-corrected chi connectivity index (χ4v) is 6.25. The van der Waals surface area contributed by atoms with Gasteiger partial charge >= 0.3 is 6.09 Å². The third-order valence-electron chi connectivity index (χ3n) is 8.53. The number of imidazole rings is 2. The number of hydrogen-bond acceptors (Lipinski definition) is 9. The van der Waals surface area contributed by atoms with Crippen LogP contribution in [0.4, 0.5) is 16.3 Å². The first kappa shape index (κ1) is 35.9. The molecule has 0 bridgehead atoms. The van der Waals surface area contributed by atoms with Crippen LogP contribution >= 0.6 is 23.2 Å². The third kappa shape index (κ3) is 10.1. The van der Waals surface area contributed by atoms with E-state index in [0.717, 1.165) is 59.6 Å². The summed E-state index contributed by atoms with van der Waals surface area (Å²) < 4.78 is 8.77. The number of rotatable bonds is 19. The van der Waals surface area contributed by atoms with Crippen LogP contribution in [0, 0.1) is 0 Å². The first-order valence-corrected chi connectivity index (χ1v) is 18.2. The number of aromatic amines is 1. The quantitative estimate of drug-likeness (QED) is 0.0477. The number of benzene rings is 2. The molecule has 0 spiro atoms. The fourth-order valence-electron chi connectivity index (χ4n) is 5.86. The number of carbonyl (C=O) groups is 1. The van der Waals surface area contributed by atoms with E-state index in [2.05, 4.69) is 41.0 Å². The van der Waals surface area contributed by atoms with Gasteiger partial charge in [0.25, 0.3) is 0 Å². The van der Waals surface area contributed by atoms with E-state index in [-0.39, 0.29) is 11.4 Å². The van der Waals surface area contributed by atoms with Crippen molar-refractivity contribution in [1.29, 1.82) is 0 Å².